The third-order valence-corrected chi connectivity index (χ3v) is 7.16. The number of fused-ring (bicyclic) bond motifs is 1. The topological polar surface area (TPSA) is 4.44 Å². The van der Waals surface area contributed by atoms with Gasteiger partial charge in [0, 0.05) is 28.4 Å². The smallest absolute Gasteiger partial charge is 0.0782 e. The average Bonchev–Trinajstić information content (AvgIpc) is 2.85. The Kier molecular flexibility index (Phi) is 3.54. The molecule has 2 aromatic carbocycles. The molecule has 1 saturated heterocycles. The molecule has 2 aliphatic heterocycles. The fourth-order valence-electron chi connectivity index (χ4n) is 4.23. The lowest BCUT2D eigenvalue weighted by Gasteiger charge is -2.40. The molecular weight excluding hydrogens is 286 g/mol. The number of piperidine rings is 1. The van der Waals surface area contributed by atoms with Gasteiger partial charge in [-0.2, -0.15) is 0 Å². The first kappa shape index (κ1) is 14.3. The van der Waals surface area contributed by atoms with E-state index in [0.29, 0.717) is 10.7 Å². The Bertz CT molecular complexity index is 686. The number of quaternary nitrogens is 1. The van der Waals surface area contributed by atoms with Gasteiger partial charge in [-0.25, -0.2) is 0 Å². The van der Waals surface area contributed by atoms with Gasteiger partial charge in [-0.15, -0.1) is 11.8 Å². The number of hydrogen-bond acceptors (Lipinski definition) is 1. The van der Waals surface area contributed by atoms with Crippen molar-refractivity contribution in [1.82, 2.24) is 0 Å². The first-order valence-electron chi connectivity index (χ1n) is 8.34. The van der Waals surface area contributed by atoms with Crippen LogP contribution in [0, 0.1) is 6.92 Å². The predicted octanol–water partition coefficient (Wildman–Crippen LogP) is 3.28. The fraction of sp³-hybridized carbons (Fsp3) is 0.400. The van der Waals surface area contributed by atoms with E-state index in [1.54, 1.807) is 16.0 Å². The Morgan fingerprint density at radius 3 is 2.32 bits per heavy atom. The average molecular weight is 310 g/mol. The quantitative estimate of drug-likeness (QED) is 0.847. The van der Waals surface area contributed by atoms with Crippen molar-refractivity contribution in [1.29, 1.82) is 0 Å². The molecule has 4 rings (SSSR count). The van der Waals surface area contributed by atoms with Crippen molar-refractivity contribution in [2.75, 3.05) is 20.1 Å². The van der Waals surface area contributed by atoms with E-state index in [4.69, 9.17) is 0 Å². The molecule has 1 spiro atoms. The van der Waals surface area contributed by atoms with Gasteiger partial charge in [-0.1, -0.05) is 42.5 Å². The molecule has 1 atom stereocenters. The van der Waals surface area contributed by atoms with Gasteiger partial charge in [0.25, 0.3) is 0 Å². The van der Waals surface area contributed by atoms with Crippen LogP contribution < -0.4 is 4.90 Å². The summed E-state index contributed by atoms with van der Waals surface area (Å²) in [5.74, 6) is 0.558. The van der Waals surface area contributed by atoms with Crippen molar-refractivity contribution in [2.24, 2.45) is 0 Å². The van der Waals surface area contributed by atoms with Crippen molar-refractivity contribution in [3.8, 4) is 0 Å². The summed E-state index contributed by atoms with van der Waals surface area (Å²) in [5, 5.41) is 0. The SMILES string of the molecule is Cc1ccccc1[C@@H]1c2ccccc2SC12CC[NH+](C)CC2. The van der Waals surface area contributed by atoms with Gasteiger partial charge in [0.2, 0.25) is 0 Å². The van der Waals surface area contributed by atoms with Crippen LogP contribution in [0.2, 0.25) is 0 Å². The summed E-state index contributed by atoms with van der Waals surface area (Å²) >= 11 is 2.16. The number of rotatable bonds is 1. The summed E-state index contributed by atoms with van der Waals surface area (Å²) in [5.41, 5.74) is 4.54. The zero-order valence-electron chi connectivity index (χ0n) is 13.4. The first-order valence-corrected chi connectivity index (χ1v) is 9.16. The number of nitrogens with one attached hydrogen (secondary N) is 1. The van der Waals surface area contributed by atoms with Crippen LogP contribution in [0.25, 0.3) is 0 Å². The van der Waals surface area contributed by atoms with Gasteiger partial charge in [0.1, 0.15) is 0 Å². The summed E-state index contributed by atoms with van der Waals surface area (Å²) in [4.78, 5) is 3.20. The van der Waals surface area contributed by atoms with Crippen molar-refractivity contribution < 1.29 is 4.90 Å². The Morgan fingerprint density at radius 2 is 1.59 bits per heavy atom. The number of hydrogen-bond donors (Lipinski definition) is 1. The molecule has 0 saturated carbocycles. The predicted molar refractivity (Wildman–Crippen MR) is 93.9 cm³/mol. The molecule has 2 heteroatoms. The summed E-state index contributed by atoms with van der Waals surface area (Å²) in [6, 6.07) is 18.1. The maximum absolute atomic E-state index is 2.36. The van der Waals surface area contributed by atoms with Crippen molar-refractivity contribution in [3.05, 3.63) is 65.2 Å². The number of thioether (sulfide) groups is 1. The monoisotopic (exact) mass is 310 g/mol. The summed E-state index contributed by atoms with van der Waals surface area (Å²) in [7, 11) is 2.34. The summed E-state index contributed by atoms with van der Waals surface area (Å²) in [6.45, 7) is 4.86. The minimum atomic E-state index is 0.370. The minimum absolute atomic E-state index is 0.370. The Balaban J connectivity index is 1.85. The van der Waals surface area contributed by atoms with Crippen LogP contribution >= 0.6 is 11.8 Å². The van der Waals surface area contributed by atoms with Gasteiger partial charge < -0.3 is 4.90 Å². The van der Waals surface area contributed by atoms with E-state index in [1.807, 2.05) is 0 Å². The molecule has 114 valence electrons. The highest BCUT2D eigenvalue weighted by atomic mass is 32.2. The van der Waals surface area contributed by atoms with E-state index >= 15 is 0 Å². The second kappa shape index (κ2) is 5.43. The van der Waals surface area contributed by atoms with Crippen molar-refractivity contribution in [2.45, 2.75) is 35.3 Å². The lowest BCUT2D eigenvalue weighted by atomic mass is 9.74. The lowest BCUT2D eigenvalue weighted by molar-refractivity contribution is -0.885. The summed E-state index contributed by atoms with van der Waals surface area (Å²) in [6.07, 6.45) is 2.63. The molecule has 2 aromatic rings. The Labute approximate surface area is 137 Å². The normalized spacial score (nSPS) is 30.5. The van der Waals surface area contributed by atoms with Crippen LogP contribution in [0.1, 0.15) is 35.4 Å². The largest absolute Gasteiger partial charge is 0.337 e. The van der Waals surface area contributed by atoms with Gasteiger partial charge in [-0.3, -0.25) is 0 Å². The van der Waals surface area contributed by atoms with E-state index in [0.717, 1.165) is 0 Å². The number of aryl methyl sites for hydroxylation is 1. The van der Waals surface area contributed by atoms with E-state index in [-0.39, 0.29) is 0 Å². The molecule has 0 amide bonds. The van der Waals surface area contributed by atoms with Crippen LogP contribution in [0.5, 0.6) is 0 Å². The maximum atomic E-state index is 2.36. The highest BCUT2D eigenvalue weighted by Crippen LogP contribution is 2.59. The molecule has 0 aliphatic carbocycles. The molecule has 1 fully saturated rings. The van der Waals surface area contributed by atoms with Crippen LogP contribution in [0.15, 0.2) is 53.4 Å². The minimum Gasteiger partial charge on any atom is -0.337 e. The highest BCUT2D eigenvalue weighted by Gasteiger charge is 2.50. The number of benzene rings is 2. The van der Waals surface area contributed by atoms with Crippen molar-refractivity contribution in [3.63, 3.8) is 0 Å². The molecule has 2 aliphatic rings. The summed E-state index contributed by atoms with van der Waals surface area (Å²) < 4.78 is 0.370. The van der Waals surface area contributed by atoms with Crippen LogP contribution in [0.4, 0.5) is 0 Å². The molecular formula is C20H24NS+. The van der Waals surface area contributed by atoms with Gasteiger partial charge in [0.15, 0.2) is 0 Å². The molecule has 0 unspecified atom stereocenters. The molecule has 1 nitrogen and oxygen atoms in total. The lowest BCUT2D eigenvalue weighted by Crippen LogP contribution is -3.10. The third kappa shape index (κ3) is 2.21. The molecule has 22 heavy (non-hydrogen) atoms. The van der Waals surface area contributed by atoms with Crippen LogP contribution in [0.3, 0.4) is 0 Å². The van der Waals surface area contributed by atoms with Crippen molar-refractivity contribution >= 4 is 11.8 Å². The second-order valence-corrected chi connectivity index (χ2v) is 8.41. The van der Waals surface area contributed by atoms with E-state index in [2.05, 4.69) is 74.3 Å². The Hall–Kier alpha value is -1.25. The van der Waals surface area contributed by atoms with Gasteiger partial charge >= 0.3 is 0 Å². The first-order chi connectivity index (χ1) is 10.7. The van der Waals surface area contributed by atoms with Gasteiger partial charge in [-0.05, 0) is 29.7 Å². The van der Waals surface area contributed by atoms with Crippen LogP contribution in [-0.2, 0) is 0 Å². The molecule has 2 heterocycles. The number of likely N-dealkylation sites (tertiary alicyclic amines) is 1. The second-order valence-electron chi connectivity index (χ2n) is 6.95. The maximum Gasteiger partial charge on any atom is 0.0782 e. The Morgan fingerprint density at radius 1 is 0.955 bits per heavy atom. The molecule has 0 radical (unpaired) electrons. The zero-order valence-corrected chi connectivity index (χ0v) is 14.2. The van der Waals surface area contributed by atoms with E-state index < -0.39 is 0 Å². The van der Waals surface area contributed by atoms with E-state index in [9.17, 15) is 0 Å². The zero-order chi connectivity index (χ0) is 15.2. The van der Waals surface area contributed by atoms with E-state index in [1.165, 1.54) is 36.4 Å². The molecule has 0 bridgehead atoms. The highest BCUT2D eigenvalue weighted by molar-refractivity contribution is 8.01. The fourth-order valence-corrected chi connectivity index (χ4v) is 5.89. The third-order valence-electron chi connectivity index (χ3n) is 5.52. The molecule has 1 N–H and O–H groups in total. The standard InChI is InChI=1S/C20H23NS/c1-15-7-3-4-8-16(15)19-17-9-5-6-10-18(17)22-20(19)11-13-21(2)14-12-20/h3-10,19H,11-14H2,1-2H3/p+1/t19-/m1/s1. The molecule has 0 aromatic heterocycles. The van der Waals surface area contributed by atoms with Gasteiger partial charge in [0.05, 0.1) is 20.1 Å². The van der Waals surface area contributed by atoms with Crippen LogP contribution in [-0.4, -0.2) is 24.9 Å².